The van der Waals surface area contributed by atoms with Crippen molar-refractivity contribution in [3.8, 4) is 11.1 Å². The van der Waals surface area contributed by atoms with E-state index in [1.165, 1.54) is 26.2 Å². The predicted molar refractivity (Wildman–Crippen MR) is 220 cm³/mol. The number of benzene rings is 2. The molecule has 4 atom stereocenters. The second kappa shape index (κ2) is 17.9. The highest BCUT2D eigenvalue weighted by molar-refractivity contribution is 6.06. The summed E-state index contributed by atoms with van der Waals surface area (Å²) in [4.78, 5) is 78.1. The van der Waals surface area contributed by atoms with Crippen LogP contribution in [0, 0.1) is 11.8 Å². The fraction of sp³-hybridized carbons (Fsp3) is 0.419. The van der Waals surface area contributed by atoms with Crippen molar-refractivity contribution in [3.05, 3.63) is 84.2 Å². The Labute approximate surface area is 338 Å². The number of amides is 5. The topological polar surface area (TPSA) is 172 Å². The van der Waals surface area contributed by atoms with Crippen LogP contribution in [0.2, 0.25) is 0 Å². The van der Waals surface area contributed by atoms with Gasteiger partial charge in [0, 0.05) is 43.2 Å². The fourth-order valence-corrected chi connectivity index (χ4v) is 7.60. The van der Waals surface area contributed by atoms with Crippen molar-refractivity contribution in [2.75, 3.05) is 41.1 Å². The number of nitrogens with one attached hydrogen (secondary N) is 2. The molecule has 1 fully saturated rings. The molecule has 0 spiro atoms. The van der Waals surface area contributed by atoms with E-state index >= 15 is 0 Å². The second-order valence-electron chi connectivity index (χ2n) is 15.3. The van der Waals surface area contributed by atoms with Gasteiger partial charge in [0.05, 0.1) is 46.6 Å². The summed E-state index contributed by atoms with van der Waals surface area (Å²) in [5, 5.41) is 5.32. The molecule has 1 saturated heterocycles. The van der Waals surface area contributed by atoms with Crippen LogP contribution in [0.5, 0.6) is 0 Å². The Hall–Kier alpha value is -6.25. The third kappa shape index (κ3) is 8.82. The van der Waals surface area contributed by atoms with Crippen LogP contribution in [0.4, 0.5) is 14.4 Å². The van der Waals surface area contributed by atoms with Crippen molar-refractivity contribution in [3.63, 3.8) is 0 Å². The van der Waals surface area contributed by atoms with Gasteiger partial charge in [0.2, 0.25) is 11.8 Å². The lowest BCUT2D eigenvalue weighted by Crippen LogP contribution is -2.54. The van der Waals surface area contributed by atoms with Gasteiger partial charge in [0.15, 0.2) is 0 Å². The third-order valence-electron chi connectivity index (χ3n) is 10.9. The van der Waals surface area contributed by atoms with Gasteiger partial charge in [-0.1, -0.05) is 88.4 Å². The Kier molecular flexibility index (Phi) is 12.8. The van der Waals surface area contributed by atoms with Crippen molar-refractivity contribution in [1.82, 2.24) is 25.3 Å². The molecule has 2 N–H and O–H groups in total. The van der Waals surface area contributed by atoms with Crippen molar-refractivity contribution in [1.29, 1.82) is 0 Å². The van der Waals surface area contributed by atoms with Gasteiger partial charge in [-0.25, -0.2) is 14.4 Å². The van der Waals surface area contributed by atoms with E-state index in [9.17, 15) is 24.0 Å². The normalized spacial score (nSPS) is 19.7. The van der Waals surface area contributed by atoms with Gasteiger partial charge in [-0.2, -0.15) is 0 Å². The maximum Gasteiger partial charge on any atom is 0.410 e. The number of nitrogens with zero attached hydrogens (tertiary/aromatic N) is 5. The number of ether oxygens (including phenoxy) is 3. The third-order valence-corrected chi connectivity index (χ3v) is 10.9. The van der Waals surface area contributed by atoms with E-state index in [4.69, 9.17) is 24.2 Å². The quantitative estimate of drug-likeness (QED) is 0.222. The van der Waals surface area contributed by atoms with Gasteiger partial charge >= 0.3 is 18.3 Å². The minimum Gasteiger partial charge on any atom is -0.453 e. The minimum atomic E-state index is -0.858. The van der Waals surface area contributed by atoms with Gasteiger partial charge in [-0.15, -0.1) is 0 Å². The van der Waals surface area contributed by atoms with Crippen LogP contribution in [0.25, 0.3) is 22.3 Å². The number of hydrogen-bond donors (Lipinski definition) is 2. The fourth-order valence-electron chi connectivity index (χ4n) is 7.60. The molecule has 2 aromatic rings. The summed E-state index contributed by atoms with van der Waals surface area (Å²) in [7, 11) is 3.82. The lowest BCUT2D eigenvalue weighted by Gasteiger charge is -2.31. The zero-order valence-corrected chi connectivity index (χ0v) is 33.9. The van der Waals surface area contributed by atoms with Crippen molar-refractivity contribution in [2.45, 2.75) is 64.7 Å². The Morgan fingerprint density at radius 3 is 1.60 bits per heavy atom. The molecule has 15 nitrogen and oxygen atoms in total. The Bertz CT molecular complexity index is 2070. The number of aliphatic imine (C=N–C) groups is 2. The number of rotatable bonds is 11. The zero-order valence-electron chi connectivity index (χ0n) is 33.9. The van der Waals surface area contributed by atoms with Crippen LogP contribution in [0.3, 0.4) is 0 Å². The largest absolute Gasteiger partial charge is 0.453 e. The van der Waals surface area contributed by atoms with Crippen molar-refractivity contribution >= 4 is 52.7 Å². The first-order valence-electron chi connectivity index (χ1n) is 19.3. The number of carbonyl (C=O) groups excluding carboxylic acids is 5. The number of methoxy groups -OCH3 is 3. The Morgan fingerprint density at radius 2 is 1.12 bits per heavy atom. The molecule has 306 valence electrons. The molecule has 4 aliphatic rings. The summed E-state index contributed by atoms with van der Waals surface area (Å²) in [5.74, 6) is -0.872. The van der Waals surface area contributed by atoms with Gasteiger partial charge in [-0.3, -0.25) is 24.5 Å². The molecule has 4 aliphatic heterocycles. The van der Waals surface area contributed by atoms with Gasteiger partial charge in [0.25, 0.3) is 0 Å². The summed E-state index contributed by atoms with van der Waals surface area (Å²) >= 11 is 0. The Balaban J connectivity index is 1.07. The van der Waals surface area contributed by atoms with Crippen LogP contribution in [-0.4, -0.2) is 121 Å². The van der Waals surface area contributed by atoms with Crippen molar-refractivity contribution in [2.24, 2.45) is 21.8 Å². The first kappa shape index (κ1) is 41.4. The molecule has 0 saturated carbocycles. The van der Waals surface area contributed by atoms with Crippen LogP contribution in [-0.2, 0) is 23.8 Å². The average Bonchev–Trinajstić information content (AvgIpc) is 4.07. The summed E-state index contributed by atoms with van der Waals surface area (Å²) in [6.07, 6.45) is 6.79. The molecule has 0 aromatic heterocycles. The van der Waals surface area contributed by atoms with Crippen LogP contribution in [0.1, 0.15) is 51.7 Å². The molecule has 6 rings (SSSR count). The molecule has 2 aromatic carbocycles. The summed E-state index contributed by atoms with van der Waals surface area (Å²) < 4.78 is 14.5. The van der Waals surface area contributed by atoms with Gasteiger partial charge in [-0.05, 0) is 45.2 Å². The van der Waals surface area contributed by atoms with Gasteiger partial charge in [0.1, 0.15) is 12.1 Å². The molecule has 4 heterocycles. The molecule has 0 unspecified atom stereocenters. The molecule has 5 amide bonds. The number of alkyl carbamates (subject to hydrolysis) is 2. The van der Waals surface area contributed by atoms with E-state index in [-0.39, 0.29) is 42.9 Å². The van der Waals surface area contributed by atoms with E-state index < -0.39 is 36.4 Å². The van der Waals surface area contributed by atoms with Crippen molar-refractivity contribution < 1.29 is 38.2 Å². The van der Waals surface area contributed by atoms with E-state index in [1.807, 2.05) is 58.2 Å². The van der Waals surface area contributed by atoms with Crippen LogP contribution in [0.15, 0.2) is 83.1 Å². The lowest BCUT2D eigenvalue weighted by atomic mass is 9.95. The maximum absolute atomic E-state index is 13.8. The molecule has 0 radical (unpaired) electrons. The molecule has 0 aliphatic carbocycles. The lowest BCUT2D eigenvalue weighted by molar-refractivity contribution is -0.135. The standard InChI is InChI=1S/C43H51N7O8/c1-25(2)37(46-41(53)56-5)39(51)49-18-8-9-35(49)33-19-31(21-44-33)29-14-10-27(11-15-29)28-12-16-30(17-13-28)32-20-34(45-22-32)36-23-48(43(55)58-7)24-50(36)40(52)38(26(3)4)47-42(54)57-6/h8-17,21-22,25-26,35-38H,18-20,23-24H2,1-7H3,(H,46,53)(H,47,54)/t35-,36-,37-,38-/m0/s1. The number of carbonyl (C=O) groups is 5. The predicted octanol–water partition coefficient (Wildman–Crippen LogP) is 5.49. The molecule has 58 heavy (non-hydrogen) atoms. The first-order valence-corrected chi connectivity index (χ1v) is 19.3. The molecule has 0 bridgehead atoms. The van der Waals surface area contributed by atoms with Crippen LogP contribution >= 0.6 is 0 Å². The summed E-state index contributed by atoms with van der Waals surface area (Å²) in [6, 6.07) is 14.2. The second-order valence-corrected chi connectivity index (χ2v) is 15.3. The Morgan fingerprint density at radius 1 is 0.655 bits per heavy atom. The number of allylic oxidation sites excluding steroid dienone is 2. The molecular formula is C43H51N7O8. The zero-order chi connectivity index (χ0) is 41.7. The summed E-state index contributed by atoms with van der Waals surface area (Å²) in [6.45, 7) is 8.09. The SMILES string of the molecule is COC(=O)N[C@H](C(=O)N1CC=C[C@H]1C1=NC=C(c2ccc(-c3ccc(C4=CN=C([C@@H]5CN(C(=O)OC)CN5C(=O)[C@@H](NC(=O)OC)C(C)C)C4)cc3)cc2)C1)C(C)C. The van der Waals surface area contributed by atoms with E-state index in [2.05, 4.69) is 47.0 Å². The minimum absolute atomic E-state index is 0.00350. The van der Waals surface area contributed by atoms with E-state index in [1.54, 1.807) is 16.0 Å². The highest BCUT2D eigenvalue weighted by Gasteiger charge is 2.43. The van der Waals surface area contributed by atoms with E-state index in [0.29, 0.717) is 19.4 Å². The van der Waals surface area contributed by atoms with Gasteiger partial charge < -0.3 is 34.6 Å². The van der Waals surface area contributed by atoms with E-state index in [0.717, 1.165) is 44.8 Å². The first-order chi connectivity index (χ1) is 27.8. The van der Waals surface area contributed by atoms with Crippen LogP contribution < -0.4 is 10.6 Å². The maximum atomic E-state index is 13.8. The summed E-state index contributed by atoms with van der Waals surface area (Å²) in [5.41, 5.74) is 7.76. The molecular weight excluding hydrogens is 743 g/mol. The molecule has 15 heteroatoms. The number of hydrogen-bond acceptors (Lipinski definition) is 10. The average molecular weight is 794 g/mol. The highest BCUT2D eigenvalue weighted by atomic mass is 16.5. The smallest absolute Gasteiger partial charge is 0.410 e. The highest BCUT2D eigenvalue weighted by Crippen LogP contribution is 2.33. The monoisotopic (exact) mass is 793 g/mol.